The molecule has 0 rings (SSSR count). The van der Waals surface area contributed by atoms with E-state index in [-0.39, 0.29) is 11.1 Å². The Balaban J connectivity index is 4.60. The Kier molecular flexibility index (Phi) is 4.93. The monoisotopic (exact) mass is 252 g/mol. The summed E-state index contributed by atoms with van der Waals surface area (Å²) in [6.07, 6.45) is -7.99. The first-order chi connectivity index (χ1) is 7.58. The van der Waals surface area contributed by atoms with Crippen LogP contribution >= 0.6 is 0 Å². The lowest BCUT2D eigenvalue weighted by Crippen LogP contribution is -2.38. The van der Waals surface area contributed by atoms with E-state index in [0.717, 1.165) is 13.8 Å². The van der Waals surface area contributed by atoms with Crippen molar-refractivity contribution >= 4 is 11.9 Å². The zero-order valence-corrected chi connectivity index (χ0v) is 9.26. The Labute approximate surface area is 95.7 Å². The van der Waals surface area contributed by atoms with Gasteiger partial charge in [-0.25, -0.2) is 9.59 Å². The summed E-state index contributed by atoms with van der Waals surface area (Å²) in [6.45, 7) is 8.36. The maximum absolute atomic E-state index is 12.9. The number of hydrogen-bond donors (Lipinski definition) is 0. The van der Waals surface area contributed by atoms with E-state index >= 15 is 0 Å². The Hall–Kier alpha value is -1.79. The predicted octanol–water partition coefficient (Wildman–Crippen LogP) is 2.11. The first-order valence-electron chi connectivity index (χ1n) is 4.35. The van der Waals surface area contributed by atoms with Crippen LogP contribution in [0, 0.1) is 0 Å². The van der Waals surface area contributed by atoms with Crippen molar-refractivity contribution in [2.75, 3.05) is 0 Å². The topological polar surface area (TPSA) is 52.6 Å². The van der Waals surface area contributed by atoms with E-state index in [1.807, 2.05) is 0 Å². The standard InChI is InChI=1S/C10H11F3O4/c1-5(2)7(14)16-9(11)10(12,13)17-8(15)6(3)4/h9H,1,3H2,2,4H3. The molecule has 4 nitrogen and oxygen atoms in total. The highest BCUT2D eigenvalue weighted by Crippen LogP contribution is 2.25. The van der Waals surface area contributed by atoms with Gasteiger partial charge in [0.25, 0.3) is 0 Å². The minimum absolute atomic E-state index is 0.269. The van der Waals surface area contributed by atoms with Crippen LogP contribution in [0.2, 0.25) is 0 Å². The van der Waals surface area contributed by atoms with E-state index in [1.54, 1.807) is 0 Å². The van der Waals surface area contributed by atoms with Gasteiger partial charge in [-0.3, -0.25) is 0 Å². The maximum atomic E-state index is 12.9. The van der Waals surface area contributed by atoms with Gasteiger partial charge in [-0.05, 0) is 13.8 Å². The number of esters is 2. The Morgan fingerprint density at radius 3 is 1.88 bits per heavy atom. The third kappa shape index (κ3) is 4.71. The number of halogens is 3. The minimum Gasteiger partial charge on any atom is -0.417 e. The smallest absolute Gasteiger partial charge is 0.417 e. The largest absolute Gasteiger partial charge is 0.470 e. The molecule has 17 heavy (non-hydrogen) atoms. The lowest BCUT2D eigenvalue weighted by molar-refractivity contribution is -0.304. The molecule has 1 unspecified atom stereocenters. The van der Waals surface area contributed by atoms with Gasteiger partial charge in [0, 0.05) is 11.1 Å². The molecular weight excluding hydrogens is 241 g/mol. The average molecular weight is 252 g/mol. The third-order valence-corrected chi connectivity index (χ3v) is 1.40. The molecule has 96 valence electrons. The van der Waals surface area contributed by atoms with E-state index in [1.165, 1.54) is 0 Å². The number of ether oxygens (including phenoxy) is 2. The fourth-order valence-electron chi connectivity index (χ4n) is 0.520. The highest BCUT2D eigenvalue weighted by molar-refractivity contribution is 5.88. The van der Waals surface area contributed by atoms with Gasteiger partial charge in [0.2, 0.25) is 0 Å². The van der Waals surface area contributed by atoms with Crippen LogP contribution in [0.1, 0.15) is 13.8 Å². The number of hydrogen-bond acceptors (Lipinski definition) is 4. The van der Waals surface area contributed by atoms with Crippen LogP contribution in [0.4, 0.5) is 13.2 Å². The molecule has 0 N–H and O–H groups in total. The van der Waals surface area contributed by atoms with Gasteiger partial charge in [-0.2, -0.15) is 13.2 Å². The van der Waals surface area contributed by atoms with Crippen LogP contribution in [0.25, 0.3) is 0 Å². The fraction of sp³-hybridized carbons (Fsp3) is 0.400. The molecule has 0 bridgehead atoms. The molecule has 7 heteroatoms. The van der Waals surface area contributed by atoms with Gasteiger partial charge in [0.15, 0.2) is 0 Å². The van der Waals surface area contributed by atoms with Gasteiger partial charge in [0.05, 0.1) is 0 Å². The van der Waals surface area contributed by atoms with Gasteiger partial charge >= 0.3 is 24.4 Å². The Morgan fingerprint density at radius 1 is 1.12 bits per heavy atom. The molecule has 0 amide bonds. The first-order valence-corrected chi connectivity index (χ1v) is 4.35. The molecule has 0 heterocycles. The summed E-state index contributed by atoms with van der Waals surface area (Å²) < 4.78 is 45.8. The van der Waals surface area contributed by atoms with Crippen molar-refractivity contribution in [1.29, 1.82) is 0 Å². The number of carbonyl (C=O) groups is 2. The molecule has 0 aromatic rings. The molecule has 0 aliphatic rings. The molecule has 0 spiro atoms. The first kappa shape index (κ1) is 15.2. The minimum atomic E-state index is -4.58. The van der Waals surface area contributed by atoms with Gasteiger partial charge < -0.3 is 9.47 Å². The summed E-state index contributed by atoms with van der Waals surface area (Å²) in [4.78, 5) is 21.5. The SMILES string of the molecule is C=C(C)C(=O)OC(F)C(F)(F)OC(=O)C(=C)C. The van der Waals surface area contributed by atoms with Crippen LogP contribution in [0.5, 0.6) is 0 Å². The quantitative estimate of drug-likeness (QED) is 0.555. The number of carbonyl (C=O) groups excluding carboxylic acids is 2. The highest BCUT2D eigenvalue weighted by Gasteiger charge is 2.48. The zero-order chi connectivity index (χ0) is 13.8. The van der Waals surface area contributed by atoms with Crippen LogP contribution in [-0.4, -0.2) is 24.4 Å². The Bertz CT molecular complexity index is 363. The van der Waals surface area contributed by atoms with E-state index in [0.29, 0.717) is 0 Å². The summed E-state index contributed by atoms with van der Waals surface area (Å²) in [5, 5.41) is 0. The summed E-state index contributed by atoms with van der Waals surface area (Å²) in [5.41, 5.74) is -0.613. The fourth-order valence-corrected chi connectivity index (χ4v) is 0.520. The Morgan fingerprint density at radius 2 is 1.53 bits per heavy atom. The molecule has 0 aromatic carbocycles. The van der Waals surface area contributed by atoms with Gasteiger partial charge in [0.1, 0.15) is 0 Å². The second-order valence-corrected chi connectivity index (χ2v) is 3.23. The normalized spacial score (nSPS) is 12.5. The van der Waals surface area contributed by atoms with Gasteiger partial charge in [-0.15, -0.1) is 0 Å². The summed E-state index contributed by atoms with van der Waals surface area (Å²) in [6, 6.07) is 0. The molecule has 1 atom stereocenters. The lowest BCUT2D eigenvalue weighted by atomic mass is 10.3. The number of alkyl halides is 3. The van der Waals surface area contributed by atoms with E-state index in [4.69, 9.17) is 0 Å². The number of rotatable bonds is 5. The van der Waals surface area contributed by atoms with Crippen LogP contribution < -0.4 is 0 Å². The van der Waals surface area contributed by atoms with E-state index < -0.39 is 24.4 Å². The van der Waals surface area contributed by atoms with Crippen molar-refractivity contribution in [2.24, 2.45) is 0 Å². The van der Waals surface area contributed by atoms with Crippen molar-refractivity contribution in [3.05, 3.63) is 24.3 Å². The third-order valence-electron chi connectivity index (χ3n) is 1.40. The summed E-state index contributed by atoms with van der Waals surface area (Å²) >= 11 is 0. The van der Waals surface area contributed by atoms with Crippen LogP contribution in [0.15, 0.2) is 24.3 Å². The van der Waals surface area contributed by atoms with Crippen molar-refractivity contribution in [2.45, 2.75) is 26.3 Å². The molecular formula is C10H11F3O4. The van der Waals surface area contributed by atoms with Crippen molar-refractivity contribution in [1.82, 2.24) is 0 Å². The molecule has 0 aliphatic heterocycles. The zero-order valence-electron chi connectivity index (χ0n) is 9.26. The average Bonchev–Trinajstić information content (AvgIpc) is 2.16. The second-order valence-electron chi connectivity index (χ2n) is 3.23. The highest BCUT2D eigenvalue weighted by atomic mass is 19.3. The molecule has 0 radical (unpaired) electrons. The predicted molar refractivity (Wildman–Crippen MR) is 51.7 cm³/mol. The molecule has 0 aromatic heterocycles. The van der Waals surface area contributed by atoms with Gasteiger partial charge in [-0.1, -0.05) is 13.2 Å². The second kappa shape index (κ2) is 5.51. The maximum Gasteiger partial charge on any atom is 0.470 e. The van der Waals surface area contributed by atoms with E-state index in [2.05, 4.69) is 22.6 Å². The summed E-state index contributed by atoms with van der Waals surface area (Å²) in [7, 11) is 0. The van der Waals surface area contributed by atoms with Crippen molar-refractivity contribution in [3.8, 4) is 0 Å². The van der Waals surface area contributed by atoms with E-state index in [9.17, 15) is 22.8 Å². The molecule has 0 saturated heterocycles. The van der Waals surface area contributed by atoms with Crippen molar-refractivity contribution in [3.63, 3.8) is 0 Å². The molecule has 0 saturated carbocycles. The van der Waals surface area contributed by atoms with Crippen LogP contribution in [0.3, 0.4) is 0 Å². The summed E-state index contributed by atoms with van der Waals surface area (Å²) in [5.74, 6) is -2.85. The molecule has 0 fully saturated rings. The van der Waals surface area contributed by atoms with Crippen molar-refractivity contribution < 1.29 is 32.2 Å². The van der Waals surface area contributed by atoms with Crippen LogP contribution in [-0.2, 0) is 19.1 Å². The lowest BCUT2D eigenvalue weighted by Gasteiger charge is -2.20. The molecule has 0 aliphatic carbocycles.